The lowest BCUT2D eigenvalue weighted by molar-refractivity contribution is -0.123. The van der Waals surface area contributed by atoms with Crippen LogP contribution in [0.25, 0.3) is 10.8 Å². The summed E-state index contributed by atoms with van der Waals surface area (Å²) in [6.07, 6.45) is 6.34. The van der Waals surface area contributed by atoms with Crippen molar-refractivity contribution in [3.8, 4) is 0 Å². The molecule has 5 heteroatoms. The van der Waals surface area contributed by atoms with Gasteiger partial charge in [-0.1, -0.05) is 72.3 Å². The molecule has 36 heavy (non-hydrogen) atoms. The lowest BCUT2D eigenvalue weighted by Crippen LogP contribution is -2.44. The molecule has 2 atom stereocenters. The van der Waals surface area contributed by atoms with Crippen molar-refractivity contribution >= 4 is 22.6 Å². The van der Waals surface area contributed by atoms with Crippen molar-refractivity contribution in [1.82, 2.24) is 15.6 Å². The third-order valence-electron chi connectivity index (χ3n) is 7.23. The van der Waals surface area contributed by atoms with E-state index in [4.69, 9.17) is 0 Å². The number of aryl methyl sites for hydroxylation is 1. The van der Waals surface area contributed by atoms with Gasteiger partial charge in [0.05, 0.1) is 6.04 Å². The van der Waals surface area contributed by atoms with Gasteiger partial charge in [0.25, 0.3) is 0 Å². The zero-order chi connectivity index (χ0) is 25.0. The molecule has 1 aliphatic heterocycles. The summed E-state index contributed by atoms with van der Waals surface area (Å²) in [6.45, 7) is 2.05. The maximum absolute atomic E-state index is 13.3. The van der Waals surface area contributed by atoms with Crippen molar-refractivity contribution in [2.24, 2.45) is 0 Å². The number of benzene rings is 3. The van der Waals surface area contributed by atoms with Gasteiger partial charge in [0.15, 0.2) is 0 Å². The molecule has 0 aliphatic carbocycles. The van der Waals surface area contributed by atoms with Gasteiger partial charge in [0, 0.05) is 30.8 Å². The van der Waals surface area contributed by atoms with Crippen LogP contribution in [-0.2, 0) is 16.0 Å². The molecule has 1 aliphatic rings. The molecule has 1 aromatic heterocycles. The van der Waals surface area contributed by atoms with E-state index in [-0.39, 0.29) is 17.9 Å². The number of amides is 2. The Morgan fingerprint density at radius 1 is 0.972 bits per heavy atom. The van der Waals surface area contributed by atoms with Crippen LogP contribution in [0, 0.1) is 6.92 Å². The summed E-state index contributed by atoms with van der Waals surface area (Å²) in [5.41, 5.74) is 3.96. The standard InChI is InChI=1S/C31H31N3O2/c1-22-9-11-24(12-10-22)30(25-15-19-32-20-16-25)33-28(35)13-17-31(18-14-29(36)34-31)21-26-7-4-6-23-5-2-3-8-27(23)26/h2-12,15-16,19-20,30H,13-14,17-18,21H2,1H3,(H,33,35)(H,34,36)/t30-,31-/m0/s1. The van der Waals surface area contributed by atoms with Crippen LogP contribution in [0.1, 0.15) is 54.0 Å². The number of hydrogen-bond donors (Lipinski definition) is 2. The lowest BCUT2D eigenvalue weighted by atomic mass is 9.83. The zero-order valence-electron chi connectivity index (χ0n) is 20.5. The zero-order valence-corrected chi connectivity index (χ0v) is 20.5. The van der Waals surface area contributed by atoms with Crippen LogP contribution < -0.4 is 10.6 Å². The molecule has 2 heterocycles. The number of pyridine rings is 1. The first-order chi connectivity index (χ1) is 17.5. The van der Waals surface area contributed by atoms with E-state index in [0.29, 0.717) is 25.7 Å². The fraction of sp³-hybridized carbons (Fsp3) is 0.258. The summed E-state index contributed by atoms with van der Waals surface area (Å²) >= 11 is 0. The van der Waals surface area contributed by atoms with Gasteiger partial charge in [-0.25, -0.2) is 0 Å². The number of rotatable bonds is 8. The van der Waals surface area contributed by atoms with Gasteiger partial charge in [0.1, 0.15) is 0 Å². The minimum Gasteiger partial charge on any atom is -0.350 e. The second kappa shape index (κ2) is 10.3. The van der Waals surface area contributed by atoms with E-state index < -0.39 is 5.54 Å². The van der Waals surface area contributed by atoms with Crippen LogP contribution in [0.3, 0.4) is 0 Å². The number of nitrogens with zero attached hydrogens (tertiary/aromatic N) is 1. The monoisotopic (exact) mass is 477 g/mol. The van der Waals surface area contributed by atoms with E-state index in [1.165, 1.54) is 21.9 Å². The topological polar surface area (TPSA) is 71.1 Å². The maximum atomic E-state index is 13.3. The number of aromatic nitrogens is 1. The fourth-order valence-corrected chi connectivity index (χ4v) is 5.25. The van der Waals surface area contributed by atoms with Gasteiger partial charge in [0.2, 0.25) is 11.8 Å². The molecule has 0 spiro atoms. The largest absolute Gasteiger partial charge is 0.350 e. The highest BCUT2D eigenvalue weighted by molar-refractivity contribution is 5.86. The summed E-state index contributed by atoms with van der Waals surface area (Å²) in [5, 5.41) is 8.85. The van der Waals surface area contributed by atoms with Gasteiger partial charge in [-0.2, -0.15) is 0 Å². The Bertz CT molecular complexity index is 1360. The van der Waals surface area contributed by atoms with Crippen molar-refractivity contribution in [3.05, 3.63) is 114 Å². The SMILES string of the molecule is Cc1ccc([C@H](NC(=O)CC[C@@]2(Cc3cccc4ccccc34)CCC(=O)N2)c2ccncc2)cc1. The second-order valence-corrected chi connectivity index (χ2v) is 9.84. The van der Waals surface area contributed by atoms with E-state index in [2.05, 4.69) is 77.1 Å². The van der Waals surface area contributed by atoms with Crippen molar-refractivity contribution < 1.29 is 9.59 Å². The third-order valence-corrected chi connectivity index (χ3v) is 7.23. The molecule has 0 saturated carbocycles. The quantitative estimate of drug-likeness (QED) is 0.356. The fourth-order valence-electron chi connectivity index (χ4n) is 5.25. The summed E-state index contributed by atoms with van der Waals surface area (Å²) < 4.78 is 0. The molecule has 1 fully saturated rings. The van der Waals surface area contributed by atoms with Crippen LogP contribution in [0.15, 0.2) is 91.3 Å². The summed E-state index contributed by atoms with van der Waals surface area (Å²) in [4.78, 5) is 29.7. The molecule has 2 amide bonds. The van der Waals surface area contributed by atoms with Crippen LogP contribution in [0.2, 0.25) is 0 Å². The van der Waals surface area contributed by atoms with Crippen LogP contribution in [0.4, 0.5) is 0 Å². The third kappa shape index (κ3) is 5.30. The number of carbonyl (C=O) groups is 2. The van der Waals surface area contributed by atoms with Gasteiger partial charge >= 0.3 is 0 Å². The van der Waals surface area contributed by atoms with Gasteiger partial charge < -0.3 is 10.6 Å². The first kappa shape index (κ1) is 23.7. The lowest BCUT2D eigenvalue weighted by Gasteiger charge is -2.30. The molecule has 5 nitrogen and oxygen atoms in total. The average molecular weight is 478 g/mol. The van der Waals surface area contributed by atoms with E-state index >= 15 is 0 Å². The number of carbonyl (C=O) groups excluding carboxylic acids is 2. The minimum absolute atomic E-state index is 0.0316. The molecule has 5 rings (SSSR count). The molecule has 4 aromatic rings. The minimum atomic E-state index is -0.422. The number of hydrogen-bond acceptors (Lipinski definition) is 3. The Morgan fingerprint density at radius 3 is 2.44 bits per heavy atom. The highest BCUT2D eigenvalue weighted by Gasteiger charge is 2.38. The van der Waals surface area contributed by atoms with Gasteiger partial charge in [-0.15, -0.1) is 0 Å². The predicted molar refractivity (Wildman–Crippen MR) is 142 cm³/mol. The Kier molecular flexibility index (Phi) is 6.81. The van der Waals surface area contributed by atoms with Crippen LogP contribution >= 0.6 is 0 Å². The molecule has 0 bridgehead atoms. The summed E-state index contributed by atoms with van der Waals surface area (Å²) in [6, 6.07) is 26.5. The molecule has 3 aromatic carbocycles. The van der Waals surface area contributed by atoms with Gasteiger partial charge in [-0.3, -0.25) is 14.6 Å². The van der Waals surface area contributed by atoms with E-state index in [1.54, 1.807) is 12.4 Å². The van der Waals surface area contributed by atoms with Gasteiger partial charge in [-0.05, 0) is 65.8 Å². The molecule has 1 saturated heterocycles. The van der Waals surface area contributed by atoms with Crippen molar-refractivity contribution in [2.75, 3.05) is 0 Å². The molecule has 0 unspecified atom stereocenters. The maximum Gasteiger partial charge on any atom is 0.220 e. The summed E-state index contributed by atoms with van der Waals surface area (Å²) in [5.74, 6) is 0.0285. The second-order valence-electron chi connectivity index (χ2n) is 9.84. The van der Waals surface area contributed by atoms with Crippen LogP contribution in [0.5, 0.6) is 0 Å². The average Bonchev–Trinajstić information content (AvgIpc) is 3.28. The Hall–Kier alpha value is -3.99. The first-order valence-electron chi connectivity index (χ1n) is 12.5. The van der Waals surface area contributed by atoms with Crippen molar-refractivity contribution in [1.29, 1.82) is 0 Å². The molecule has 0 radical (unpaired) electrons. The molecule has 182 valence electrons. The molecular weight excluding hydrogens is 446 g/mol. The van der Waals surface area contributed by atoms with E-state index in [0.717, 1.165) is 17.5 Å². The predicted octanol–water partition coefficient (Wildman–Crippen LogP) is 5.42. The van der Waals surface area contributed by atoms with E-state index in [9.17, 15) is 9.59 Å². The number of fused-ring (bicyclic) bond motifs is 1. The first-order valence-corrected chi connectivity index (χ1v) is 12.5. The Labute approximate surface area is 212 Å². The Morgan fingerprint density at radius 2 is 1.69 bits per heavy atom. The normalized spacial score (nSPS) is 18.1. The highest BCUT2D eigenvalue weighted by Crippen LogP contribution is 2.32. The van der Waals surface area contributed by atoms with E-state index in [1.807, 2.05) is 24.3 Å². The van der Waals surface area contributed by atoms with Crippen molar-refractivity contribution in [3.63, 3.8) is 0 Å². The highest BCUT2D eigenvalue weighted by atomic mass is 16.2. The Balaban J connectivity index is 1.34. The molecular formula is C31H31N3O2. The number of nitrogens with one attached hydrogen (secondary N) is 2. The smallest absolute Gasteiger partial charge is 0.220 e. The molecule has 2 N–H and O–H groups in total. The van der Waals surface area contributed by atoms with Crippen LogP contribution in [-0.4, -0.2) is 22.3 Å². The van der Waals surface area contributed by atoms with Crippen molar-refractivity contribution in [2.45, 2.75) is 50.6 Å². The summed E-state index contributed by atoms with van der Waals surface area (Å²) in [7, 11) is 0.